The highest BCUT2D eigenvalue weighted by atomic mass is 16.5. The van der Waals surface area contributed by atoms with Gasteiger partial charge in [-0.2, -0.15) is 0 Å². The number of pyridine rings is 1. The number of ether oxygens (including phenoxy) is 1. The maximum Gasteiger partial charge on any atom is 0.337 e. The number of carboxylic acid groups (broad SMARTS) is 1. The van der Waals surface area contributed by atoms with E-state index in [1.54, 1.807) is 0 Å². The number of nitrogens with zero attached hydrogens (tertiary/aromatic N) is 2. The minimum absolute atomic E-state index is 0.0968. The van der Waals surface area contributed by atoms with E-state index in [-0.39, 0.29) is 17.4 Å². The number of aromatic carboxylic acids is 1. The van der Waals surface area contributed by atoms with Gasteiger partial charge >= 0.3 is 5.97 Å². The molecule has 1 fully saturated rings. The summed E-state index contributed by atoms with van der Waals surface area (Å²) in [5.74, 6) is -0.389. The Bertz CT molecular complexity index is 450. The van der Waals surface area contributed by atoms with Crippen LogP contribution in [-0.4, -0.2) is 41.9 Å². The van der Waals surface area contributed by atoms with Crippen LogP contribution in [0.4, 0.5) is 11.5 Å². The highest BCUT2D eigenvalue weighted by Crippen LogP contribution is 2.21. The molecule has 6 heteroatoms. The topological polar surface area (TPSA) is 88.7 Å². The Morgan fingerprint density at radius 3 is 3.17 bits per heavy atom. The summed E-state index contributed by atoms with van der Waals surface area (Å²) in [7, 11) is 0. The third-order valence-corrected chi connectivity index (χ3v) is 3.07. The van der Waals surface area contributed by atoms with Crippen LogP contribution < -0.4 is 10.6 Å². The molecule has 0 bridgehead atoms. The van der Waals surface area contributed by atoms with Crippen molar-refractivity contribution >= 4 is 17.5 Å². The molecule has 98 valence electrons. The number of nitrogen functional groups attached to an aromatic ring is 1. The lowest BCUT2D eigenvalue weighted by Gasteiger charge is -2.33. The van der Waals surface area contributed by atoms with E-state index in [1.807, 2.05) is 4.90 Å². The van der Waals surface area contributed by atoms with Gasteiger partial charge in [-0.05, 0) is 12.5 Å². The number of anilines is 2. The highest BCUT2D eigenvalue weighted by molar-refractivity contribution is 5.94. The predicted molar refractivity (Wildman–Crippen MR) is 67.9 cm³/mol. The van der Waals surface area contributed by atoms with Crippen LogP contribution in [0.1, 0.15) is 23.7 Å². The molecule has 0 saturated carbocycles. The van der Waals surface area contributed by atoms with Crippen LogP contribution in [0.3, 0.4) is 0 Å². The molecule has 6 nitrogen and oxygen atoms in total. The lowest BCUT2D eigenvalue weighted by Crippen LogP contribution is -2.42. The number of hydrogen-bond acceptors (Lipinski definition) is 5. The molecule has 1 aromatic heterocycles. The van der Waals surface area contributed by atoms with E-state index in [2.05, 4.69) is 11.9 Å². The normalized spacial score (nSPS) is 19.8. The summed E-state index contributed by atoms with van der Waals surface area (Å²) in [6, 6.07) is 1.52. The van der Waals surface area contributed by atoms with Crippen LogP contribution in [-0.2, 0) is 4.74 Å². The van der Waals surface area contributed by atoms with Crippen molar-refractivity contribution < 1.29 is 14.6 Å². The van der Waals surface area contributed by atoms with Crippen LogP contribution in [0.2, 0.25) is 0 Å². The molecule has 1 aromatic rings. The number of morpholine rings is 1. The third-order valence-electron chi connectivity index (χ3n) is 3.07. The zero-order valence-corrected chi connectivity index (χ0v) is 10.3. The fourth-order valence-electron chi connectivity index (χ4n) is 1.99. The van der Waals surface area contributed by atoms with E-state index in [0.717, 1.165) is 13.0 Å². The summed E-state index contributed by atoms with van der Waals surface area (Å²) in [5, 5.41) is 9.04. The Labute approximate surface area is 105 Å². The molecule has 3 N–H and O–H groups in total. The van der Waals surface area contributed by atoms with Gasteiger partial charge in [-0.25, -0.2) is 9.78 Å². The molecule has 18 heavy (non-hydrogen) atoms. The van der Waals surface area contributed by atoms with E-state index in [9.17, 15) is 4.79 Å². The van der Waals surface area contributed by atoms with Crippen molar-refractivity contribution in [2.45, 2.75) is 19.4 Å². The van der Waals surface area contributed by atoms with E-state index < -0.39 is 5.97 Å². The Kier molecular flexibility index (Phi) is 3.66. The van der Waals surface area contributed by atoms with Gasteiger partial charge in [-0.3, -0.25) is 0 Å². The second kappa shape index (κ2) is 5.22. The smallest absolute Gasteiger partial charge is 0.337 e. The second-order valence-electron chi connectivity index (χ2n) is 4.28. The van der Waals surface area contributed by atoms with Crippen molar-refractivity contribution in [2.75, 3.05) is 30.3 Å². The first-order chi connectivity index (χ1) is 8.61. The lowest BCUT2D eigenvalue weighted by molar-refractivity contribution is 0.0381. The molecular weight excluding hydrogens is 234 g/mol. The summed E-state index contributed by atoms with van der Waals surface area (Å²) in [5.41, 5.74) is 5.87. The number of aromatic nitrogens is 1. The van der Waals surface area contributed by atoms with Gasteiger partial charge in [0.1, 0.15) is 5.82 Å². The fourth-order valence-corrected chi connectivity index (χ4v) is 1.99. The molecule has 0 radical (unpaired) electrons. The zero-order valence-electron chi connectivity index (χ0n) is 10.3. The second-order valence-corrected chi connectivity index (χ2v) is 4.28. The average molecular weight is 251 g/mol. The van der Waals surface area contributed by atoms with Crippen molar-refractivity contribution in [1.82, 2.24) is 4.98 Å². The largest absolute Gasteiger partial charge is 0.478 e. The van der Waals surface area contributed by atoms with Gasteiger partial charge in [0.25, 0.3) is 0 Å². The molecule has 1 unspecified atom stereocenters. The molecule has 0 aromatic carbocycles. The van der Waals surface area contributed by atoms with Gasteiger partial charge in [-0.1, -0.05) is 6.92 Å². The van der Waals surface area contributed by atoms with Crippen LogP contribution in [0.5, 0.6) is 0 Å². The van der Waals surface area contributed by atoms with Crippen LogP contribution in [0, 0.1) is 0 Å². The summed E-state index contributed by atoms with van der Waals surface area (Å²) < 4.78 is 5.57. The predicted octanol–water partition coefficient (Wildman–Crippen LogP) is 0.977. The molecule has 1 saturated heterocycles. The Morgan fingerprint density at radius 2 is 2.50 bits per heavy atom. The maximum absolute atomic E-state index is 11.0. The number of rotatable bonds is 3. The fraction of sp³-hybridized carbons (Fsp3) is 0.500. The summed E-state index contributed by atoms with van der Waals surface area (Å²) >= 11 is 0. The van der Waals surface area contributed by atoms with Gasteiger partial charge in [0, 0.05) is 13.1 Å². The Morgan fingerprint density at radius 1 is 1.72 bits per heavy atom. The van der Waals surface area contributed by atoms with Crippen LogP contribution in [0.25, 0.3) is 0 Å². The van der Waals surface area contributed by atoms with Crippen molar-refractivity contribution in [1.29, 1.82) is 0 Å². The quantitative estimate of drug-likeness (QED) is 0.832. The first-order valence-corrected chi connectivity index (χ1v) is 5.97. The van der Waals surface area contributed by atoms with Gasteiger partial charge in [0.05, 0.1) is 30.2 Å². The monoisotopic (exact) mass is 251 g/mol. The molecule has 1 atom stereocenters. The molecule has 0 aliphatic carbocycles. The van der Waals surface area contributed by atoms with E-state index >= 15 is 0 Å². The van der Waals surface area contributed by atoms with Gasteiger partial charge in [0.2, 0.25) is 0 Å². The van der Waals surface area contributed by atoms with Gasteiger partial charge in [-0.15, -0.1) is 0 Å². The number of hydrogen-bond donors (Lipinski definition) is 2. The molecule has 2 rings (SSSR count). The minimum Gasteiger partial charge on any atom is -0.478 e. The van der Waals surface area contributed by atoms with E-state index in [1.165, 1.54) is 12.3 Å². The zero-order chi connectivity index (χ0) is 13.1. The molecular formula is C12H17N3O3. The third kappa shape index (κ3) is 2.53. The SMILES string of the molecule is CCC1CN(c2cc(C(=O)O)c(N)cn2)CCO1. The Hall–Kier alpha value is -1.82. The summed E-state index contributed by atoms with van der Waals surface area (Å²) in [4.78, 5) is 17.3. The maximum atomic E-state index is 11.0. The van der Waals surface area contributed by atoms with Crippen LogP contribution in [0.15, 0.2) is 12.3 Å². The van der Waals surface area contributed by atoms with Crippen molar-refractivity contribution in [2.24, 2.45) is 0 Å². The van der Waals surface area contributed by atoms with Gasteiger partial charge in [0.15, 0.2) is 0 Å². The number of carbonyl (C=O) groups is 1. The van der Waals surface area contributed by atoms with E-state index in [4.69, 9.17) is 15.6 Å². The van der Waals surface area contributed by atoms with Crippen molar-refractivity contribution in [3.05, 3.63) is 17.8 Å². The minimum atomic E-state index is -1.03. The number of carboxylic acids is 1. The molecule has 0 amide bonds. The first-order valence-electron chi connectivity index (χ1n) is 5.97. The standard InChI is InChI=1S/C12H17N3O3/c1-2-8-7-15(3-4-18-8)11-5-9(12(16)17)10(13)6-14-11/h5-6,8H,2-4,7,13H2,1H3,(H,16,17). The summed E-state index contributed by atoms with van der Waals surface area (Å²) in [6.07, 6.45) is 2.50. The van der Waals surface area contributed by atoms with E-state index in [0.29, 0.717) is 19.0 Å². The average Bonchev–Trinajstić information content (AvgIpc) is 2.39. The highest BCUT2D eigenvalue weighted by Gasteiger charge is 2.21. The molecule has 1 aliphatic heterocycles. The molecule has 2 heterocycles. The Balaban J connectivity index is 2.22. The molecule has 0 spiro atoms. The summed E-state index contributed by atoms with van der Waals surface area (Å²) in [6.45, 7) is 4.14. The van der Waals surface area contributed by atoms with Crippen molar-refractivity contribution in [3.8, 4) is 0 Å². The number of nitrogens with two attached hydrogens (primary N) is 1. The lowest BCUT2D eigenvalue weighted by atomic mass is 10.2. The van der Waals surface area contributed by atoms with Gasteiger partial charge < -0.3 is 20.5 Å². The van der Waals surface area contributed by atoms with Crippen LogP contribution >= 0.6 is 0 Å². The molecule has 1 aliphatic rings. The van der Waals surface area contributed by atoms with Crippen molar-refractivity contribution in [3.63, 3.8) is 0 Å². The first kappa shape index (κ1) is 12.6.